The molecule has 0 saturated carbocycles. The molecule has 0 unspecified atom stereocenters. The average molecular weight is 1600 g/mol. The summed E-state index contributed by atoms with van der Waals surface area (Å²) in [5.74, 6) is 0. The van der Waals surface area contributed by atoms with Gasteiger partial charge in [-0.1, -0.05) is 413 Å². The molecule has 0 aliphatic heterocycles. The molecule has 24 aromatic rings. The van der Waals surface area contributed by atoms with E-state index in [0.717, 1.165) is 11.4 Å². The fourth-order valence-corrected chi connectivity index (χ4v) is 19.8. The first-order valence-corrected chi connectivity index (χ1v) is 43.5. The standard InChI is InChI=1S/2C62H41N/c1-4-18-42(19-5-1)49-24-10-12-26-51(49)46-34-38-59-57(40-46)58-41-47(52-27-13-11-25-50(52)43-20-6-2-7-21-43)35-39-60(58)63(59)48-36-32-45(33-37-48)62-55-30-16-14-28-53(55)61(44-22-8-3-9-23-44)54-29-15-17-31-56(54)62;1-4-16-42(17-5-1)46-22-14-24-48(38-46)50-32-36-59-57(40-50)58-41-51(49-25-15-23-47(39-49)43-18-6-2-7-19-43)33-37-60(58)63(59)52-34-30-45(31-35-52)62-55-28-12-10-26-53(55)61(44-20-8-3-9-21-44)54-27-11-13-29-56(54)62/h2*1-41H. The van der Waals surface area contributed by atoms with Gasteiger partial charge in [0.1, 0.15) is 0 Å². The maximum Gasteiger partial charge on any atom is 0.0541 e. The molecule has 2 heteroatoms. The van der Waals surface area contributed by atoms with Gasteiger partial charge in [-0.05, 0) is 262 Å². The first kappa shape index (κ1) is 74.5. The van der Waals surface area contributed by atoms with Crippen LogP contribution in [0.5, 0.6) is 0 Å². The number of nitrogens with zero attached hydrogens (tertiary/aromatic N) is 2. The highest BCUT2D eigenvalue weighted by molar-refractivity contribution is 6.24. The van der Waals surface area contributed by atoms with Gasteiger partial charge in [0.15, 0.2) is 0 Å². The molecule has 0 spiro atoms. The summed E-state index contributed by atoms with van der Waals surface area (Å²) in [6.45, 7) is 0. The maximum atomic E-state index is 2.45. The van der Waals surface area contributed by atoms with Gasteiger partial charge < -0.3 is 9.13 Å². The van der Waals surface area contributed by atoms with Crippen LogP contribution in [-0.4, -0.2) is 9.13 Å². The largest absolute Gasteiger partial charge is 0.309 e. The molecule has 0 atom stereocenters. The molecule has 22 aromatic carbocycles. The van der Waals surface area contributed by atoms with Gasteiger partial charge in [-0.2, -0.15) is 0 Å². The van der Waals surface area contributed by atoms with E-state index in [2.05, 4.69) is 507 Å². The third-order valence-electron chi connectivity index (χ3n) is 25.6. The Morgan fingerprint density at radius 1 is 0.103 bits per heavy atom. The molecule has 0 aliphatic carbocycles. The lowest BCUT2D eigenvalue weighted by Crippen LogP contribution is -1.95. The molecule has 126 heavy (non-hydrogen) atoms. The van der Waals surface area contributed by atoms with Crippen LogP contribution >= 0.6 is 0 Å². The molecule has 24 rings (SSSR count). The second-order valence-electron chi connectivity index (χ2n) is 32.8. The van der Waals surface area contributed by atoms with Gasteiger partial charge in [0.25, 0.3) is 0 Å². The van der Waals surface area contributed by atoms with E-state index in [1.165, 1.54) is 220 Å². The van der Waals surface area contributed by atoms with E-state index in [1.807, 2.05) is 0 Å². The van der Waals surface area contributed by atoms with E-state index in [1.54, 1.807) is 0 Å². The Bertz CT molecular complexity index is 7860. The van der Waals surface area contributed by atoms with Crippen LogP contribution in [0, 0.1) is 0 Å². The number of fused-ring (bicyclic) bond motifs is 10. The lowest BCUT2D eigenvalue weighted by atomic mass is 9.86. The Morgan fingerprint density at radius 2 is 0.286 bits per heavy atom. The van der Waals surface area contributed by atoms with Gasteiger partial charge in [-0.25, -0.2) is 0 Å². The van der Waals surface area contributed by atoms with E-state index in [-0.39, 0.29) is 0 Å². The van der Waals surface area contributed by atoms with Crippen molar-refractivity contribution in [3.05, 3.63) is 497 Å². The SMILES string of the molecule is c1ccc(-c2cccc(-c3ccc4c(c3)c3cc(-c5cccc(-c6ccccc6)c5)ccc3n4-c3ccc(-c4c5ccccc5c(-c5ccccc5)c5ccccc45)cc3)c2)cc1.c1ccc(-c2ccccc2-c2ccc3c(c2)c2cc(-c4ccccc4-c4ccccc4)ccc2n3-c2ccc(-c3c4ccccc4c(-c4ccccc4)c4ccccc34)cc2)cc1. The molecule has 0 fully saturated rings. The summed E-state index contributed by atoms with van der Waals surface area (Å²) in [5, 5.41) is 15.0. The third-order valence-corrected chi connectivity index (χ3v) is 25.6. The van der Waals surface area contributed by atoms with Crippen molar-refractivity contribution in [3.63, 3.8) is 0 Å². The number of aromatic nitrogens is 2. The Hall–Kier alpha value is -16.5. The van der Waals surface area contributed by atoms with Gasteiger partial charge in [0, 0.05) is 32.9 Å². The van der Waals surface area contributed by atoms with Crippen LogP contribution in [0.2, 0.25) is 0 Å². The highest BCUT2D eigenvalue weighted by atomic mass is 15.0. The molecule has 0 aliphatic rings. The zero-order valence-electron chi connectivity index (χ0n) is 69.2. The number of hydrogen-bond acceptors (Lipinski definition) is 0. The molecule has 0 saturated heterocycles. The Labute approximate surface area is 733 Å². The third kappa shape index (κ3) is 13.4. The van der Waals surface area contributed by atoms with Crippen LogP contribution in [0.15, 0.2) is 497 Å². The second kappa shape index (κ2) is 32.1. The molecule has 0 bridgehead atoms. The van der Waals surface area contributed by atoms with Crippen molar-refractivity contribution in [1.29, 1.82) is 0 Å². The van der Waals surface area contributed by atoms with Crippen molar-refractivity contribution in [3.8, 4) is 145 Å². The van der Waals surface area contributed by atoms with Gasteiger partial charge in [-0.15, -0.1) is 0 Å². The van der Waals surface area contributed by atoms with Gasteiger partial charge in [0.05, 0.1) is 22.1 Å². The normalized spacial score (nSPS) is 11.5. The number of rotatable bonds is 14. The van der Waals surface area contributed by atoms with Crippen molar-refractivity contribution in [1.82, 2.24) is 9.13 Å². The molecule has 2 aromatic heterocycles. The average Bonchev–Trinajstić information content (AvgIpc) is 1.35. The predicted octanol–water partition coefficient (Wildman–Crippen LogP) is 34.2. The minimum atomic E-state index is 1.13. The minimum Gasteiger partial charge on any atom is -0.309 e. The predicted molar refractivity (Wildman–Crippen MR) is 537 cm³/mol. The van der Waals surface area contributed by atoms with Crippen molar-refractivity contribution in [2.45, 2.75) is 0 Å². The summed E-state index contributed by atoms with van der Waals surface area (Å²) >= 11 is 0. The lowest BCUT2D eigenvalue weighted by molar-refractivity contribution is 1.18. The van der Waals surface area contributed by atoms with Crippen molar-refractivity contribution >= 4 is 86.7 Å². The summed E-state index contributed by atoms with van der Waals surface area (Å²) in [6.07, 6.45) is 0. The maximum absolute atomic E-state index is 2.45. The minimum absolute atomic E-state index is 1.13. The molecular formula is C124H82N2. The quantitative estimate of drug-likeness (QED) is 0.0961. The highest BCUT2D eigenvalue weighted by Crippen LogP contribution is 2.49. The smallest absolute Gasteiger partial charge is 0.0541 e. The first-order chi connectivity index (χ1) is 62.5. The summed E-state index contributed by atoms with van der Waals surface area (Å²) in [5.41, 5.74) is 36.3. The van der Waals surface area contributed by atoms with E-state index in [4.69, 9.17) is 0 Å². The summed E-state index contributed by atoms with van der Waals surface area (Å²) in [7, 11) is 0. The van der Waals surface area contributed by atoms with Crippen LogP contribution < -0.4 is 0 Å². The highest BCUT2D eigenvalue weighted by Gasteiger charge is 2.24. The van der Waals surface area contributed by atoms with E-state index in [9.17, 15) is 0 Å². The van der Waals surface area contributed by atoms with Gasteiger partial charge >= 0.3 is 0 Å². The summed E-state index contributed by atoms with van der Waals surface area (Å²) in [6, 6.07) is 182. The van der Waals surface area contributed by atoms with Crippen molar-refractivity contribution < 1.29 is 0 Å². The Kier molecular flexibility index (Phi) is 19.0. The van der Waals surface area contributed by atoms with Crippen LogP contribution in [0.25, 0.3) is 232 Å². The number of hydrogen-bond donors (Lipinski definition) is 0. The van der Waals surface area contributed by atoms with Crippen molar-refractivity contribution in [2.24, 2.45) is 0 Å². The molecule has 2 nitrogen and oxygen atoms in total. The van der Waals surface area contributed by atoms with Gasteiger partial charge in [-0.3, -0.25) is 0 Å². The Balaban J connectivity index is 0.000000145. The molecule has 2 heterocycles. The van der Waals surface area contributed by atoms with E-state index < -0.39 is 0 Å². The molecule has 0 amide bonds. The molecule has 0 radical (unpaired) electrons. The zero-order chi connectivity index (χ0) is 83.4. The molecule has 0 N–H and O–H groups in total. The van der Waals surface area contributed by atoms with Crippen molar-refractivity contribution in [2.75, 3.05) is 0 Å². The molecular weight excluding hydrogens is 1520 g/mol. The van der Waals surface area contributed by atoms with E-state index >= 15 is 0 Å². The van der Waals surface area contributed by atoms with Crippen LogP contribution in [0.4, 0.5) is 0 Å². The molecule has 588 valence electrons. The fourth-order valence-electron chi connectivity index (χ4n) is 19.8. The Morgan fingerprint density at radius 3 is 0.563 bits per heavy atom. The van der Waals surface area contributed by atoms with E-state index in [0.29, 0.717) is 0 Å². The first-order valence-electron chi connectivity index (χ1n) is 43.5. The fraction of sp³-hybridized carbons (Fsp3) is 0. The number of benzene rings is 22. The topological polar surface area (TPSA) is 9.86 Å². The summed E-state index contributed by atoms with van der Waals surface area (Å²) < 4.78 is 4.89. The van der Waals surface area contributed by atoms with Crippen LogP contribution in [-0.2, 0) is 0 Å². The van der Waals surface area contributed by atoms with Crippen LogP contribution in [0.3, 0.4) is 0 Å². The van der Waals surface area contributed by atoms with Gasteiger partial charge in [0.2, 0.25) is 0 Å². The van der Waals surface area contributed by atoms with Crippen LogP contribution in [0.1, 0.15) is 0 Å². The summed E-state index contributed by atoms with van der Waals surface area (Å²) in [4.78, 5) is 0. The lowest BCUT2D eigenvalue weighted by Gasteiger charge is -2.18. The second-order valence-corrected chi connectivity index (χ2v) is 32.8. The monoisotopic (exact) mass is 1600 g/mol. The zero-order valence-corrected chi connectivity index (χ0v) is 69.2.